The minimum Gasteiger partial charge on any atom is -0.480 e. The number of likely N-dealkylation sites (N-methyl/N-ethyl adjacent to an activating group) is 1. The summed E-state index contributed by atoms with van der Waals surface area (Å²) in [5.74, 6) is -0.319. The van der Waals surface area contributed by atoms with Gasteiger partial charge in [0.05, 0.1) is 13.1 Å². The molecule has 5 nitrogen and oxygen atoms in total. The number of aliphatic carboxylic acids is 1. The highest BCUT2D eigenvalue weighted by molar-refractivity contribution is 5.79. The zero-order chi connectivity index (χ0) is 11.3. The van der Waals surface area contributed by atoms with Gasteiger partial charge in [0.25, 0.3) is 0 Å². The summed E-state index contributed by atoms with van der Waals surface area (Å²) < 4.78 is 0. The number of rotatable bonds is 7. The molecule has 1 rings (SSSR count). The average Bonchev–Trinajstić information content (AvgIpc) is 2.96. The predicted molar refractivity (Wildman–Crippen MR) is 55.5 cm³/mol. The molecule has 5 heteroatoms. The van der Waals surface area contributed by atoms with E-state index in [0.29, 0.717) is 12.5 Å². The summed E-state index contributed by atoms with van der Waals surface area (Å²) in [5, 5.41) is 11.4. The maximum absolute atomic E-state index is 11.4. The highest BCUT2D eigenvalue weighted by Gasteiger charge is 2.22. The minimum absolute atomic E-state index is 0.0760. The summed E-state index contributed by atoms with van der Waals surface area (Å²) in [6.45, 7) is 3.26. The number of carboxylic acids is 1. The second-order valence-electron chi connectivity index (χ2n) is 3.94. The number of hydrogen-bond donors (Lipinski definition) is 2. The number of nitrogens with zero attached hydrogens (tertiary/aromatic N) is 1. The van der Waals surface area contributed by atoms with E-state index < -0.39 is 5.97 Å². The summed E-state index contributed by atoms with van der Waals surface area (Å²) in [6.07, 6.45) is 2.40. The Balaban J connectivity index is 2.17. The molecule has 0 heterocycles. The van der Waals surface area contributed by atoms with Crippen molar-refractivity contribution in [1.29, 1.82) is 0 Å². The average molecular weight is 214 g/mol. The highest BCUT2D eigenvalue weighted by atomic mass is 16.4. The van der Waals surface area contributed by atoms with Crippen LogP contribution in [0.5, 0.6) is 0 Å². The zero-order valence-corrected chi connectivity index (χ0v) is 9.03. The summed E-state index contributed by atoms with van der Waals surface area (Å²) >= 11 is 0. The fourth-order valence-electron chi connectivity index (χ4n) is 1.31. The quantitative estimate of drug-likeness (QED) is 0.622. The Kier molecular flexibility index (Phi) is 4.55. The van der Waals surface area contributed by atoms with Crippen LogP contribution in [-0.4, -0.2) is 48.1 Å². The molecule has 1 aliphatic rings. The van der Waals surface area contributed by atoms with E-state index in [-0.39, 0.29) is 19.0 Å². The van der Waals surface area contributed by atoms with Crippen molar-refractivity contribution in [1.82, 2.24) is 10.2 Å². The molecule has 86 valence electrons. The molecular weight excluding hydrogens is 196 g/mol. The third-order valence-corrected chi connectivity index (χ3v) is 2.46. The van der Waals surface area contributed by atoms with Crippen molar-refractivity contribution >= 4 is 11.9 Å². The third-order valence-electron chi connectivity index (χ3n) is 2.46. The van der Waals surface area contributed by atoms with Gasteiger partial charge in [0.15, 0.2) is 0 Å². The lowest BCUT2D eigenvalue weighted by Gasteiger charge is -2.17. The highest BCUT2D eigenvalue weighted by Crippen LogP contribution is 2.27. The van der Waals surface area contributed by atoms with Gasteiger partial charge in [0.1, 0.15) is 0 Å². The smallest absolute Gasteiger partial charge is 0.317 e. The molecule has 1 aliphatic carbocycles. The van der Waals surface area contributed by atoms with Crippen LogP contribution in [0.1, 0.15) is 19.8 Å². The summed E-state index contributed by atoms with van der Waals surface area (Å²) in [6, 6.07) is 0. The van der Waals surface area contributed by atoms with E-state index in [1.54, 1.807) is 4.90 Å². The summed E-state index contributed by atoms with van der Waals surface area (Å²) in [5.41, 5.74) is 0. The Morgan fingerprint density at radius 2 is 2.07 bits per heavy atom. The van der Waals surface area contributed by atoms with Crippen LogP contribution in [0.25, 0.3) is 0 Å². The molecule has 0 bridgehead atoms. The Morgan fingerprint density at radius 3 is 2.53 bits per heavy atom. The van der Waals surface area contributed by atoms with Crippen molar-refractivity contribution in [2.24, 2.45) is 5.92 Å². The minimum atomic E-state index is -0.896. The van der Waals surface area contributed by atoms with Gasteiger partial charge in [0, 0.05) is 6.54 Å². The second-order valence-corrected chi connectivity index (χ2v) is 3.94. The largest absolute Gasteiger partial charge is 0.480 e. The zero-order valence-electron chi connectivity index (χ0n) is 9.03. The number of carbonyl (C=O) groups excluding carboxylic acids is 1. The monoisotopic (exact) mass is 214 g/mol. The number of carbonyl (C=O) groups is 2. The molecule has 0 aromatic rings. The van der Waals surface area contributed by atoms with E-state index in [1.807, 2.05) is 6.92 Å². The van der Waals surface area contributed by atoms with Crippen molar-refractivity contribution < 1.29 is 14.7 Å². The van der Waals surface area contributed by atoms with Crippen molar-refractivity contribution in [3.8, 4) is 0 Å². The van der Waals surface area contributed by atoms with E-state index in [1.165, 1.54) is 12.8 Å². The van der Waals surface area contributed by atoms with Gasteiger partial charge in [-0.3, -0.25) is 14.5 Å². The van der Waals surface area contributed by atoms with Gasteiger partial charge in [-0.1, -0.05) is 6.92 Å². The number of hydrogen-bond acceptors (Lipinski definition) is 3. The van der Waals surface area contributed by atoms with Crippen molar-refractivity contribution in [3.63, 3.8) is 0 Å². The molecule has 1 saturated carbocycles. The van der Waals surface area contributed by atoms with E-state index in [2.05, 4.69) is 5.32 Å². The van der Waals surface area contributed by atoms with Crippen molar-refractivity contribution in [2.75, 3.05) is 26.2 Å². The number of amides is 1. The van der Waals surface area contributed by atoms with Crippen LogP contribution < -0.4 is 5.32 Å². The van der Waals surface area contributed by atoms with Gasteiger partial charge >= 0.3 is 5.97 Å². The van der Waals surface area contributed by atoms with Crippen LogP contribution in [0.3, 0.4) is 0 Å². The van der Waals surface area contributed by atoms with Crippen LogP contribution in [0.4, 0.5) is 0 Å². The fourth-order valence-corrected chi connectivity index (χ4v) is 1.31. The van der Waals surface area contributed by atoms with Gasteiger partial charge in [-0.15, -0.1) is 0 Å². The summed E-state index contributed by atoms with van der Waals surface area (Å²) in [4.78, 5) is 23.4. The third kappa shape index (κ3) is 5.37. The molecule has 0 unspecified atom stereocenters. The van der Waals surface area contributed by atoms with Gasteiger partial charge in [-0.05, 0) is 25.3 Å². The van der Waals surface area contributed by atoms with E-state index in [9.17, 15) is 9.59 Å². The standard InChI is InChI=1S/C10H18N2O3/c1-2-12(7-10(14)15)6-9(13)11-5-8-3-4-8/h8H,2-7H2,1H3,(H,11,13)(H,14,15). The first kappa shape index (κ1) is 12.0. The van der Waals surface area contributed by atoms with Crippen LogP contribution in [-0.2, 0) is 9.59 Å². The van der Waals surface area contributed by atoms with Gasteiger partial charge in [0.2, 0.25) is 5.91 Å². The number of carboxylic acid groups (broad SMARTS) is 1. The molecule has 0 aromatic carbocycles. The SMILES string of the molecule is CCN(CC(=O)O)CC(=O)NCC1CC1. The molecule has 0 atom stereocenters. The maximum atomic E-state index is 11.4. The molecule has 0 radical (unpaired) electrons. The van der Waals surface area contributed by atoms with Gasteiger partial charge in [-0.2, -0.15) is 0 Å². The lowest BCUT2D eigenvalue weighted by molar-refractivity contribution is -0.138. The molecule has 0 spiro atoms. The van der Waals surface area contributed by atoms with Crippen molar-refractivity contribution in [3.05, 3.63) is 0 Å². The lowest BCUT2D eigenvalue weighted by atomic mass is 10.4. The van der Waals surface area contributed by atoms with Gasteiger partial charge < -0.3 is 10.4 Å². The van der Waals surface area contributed by atoms with E-state index >= 15 is 0 Å². The Hall–Kier alpha value is -1.10. The molecule has 1 amide bonds. The van der Waals surface area contributed by atoms with Crippen molar-refractivity contribution in [2.45, 2.75) is 19.8 Å². The van der Waals surface area contributed by atoms with Crippen LogP contribution >= 0.6 is 0 Å². The first-order chi connectivity index (χ1) is 7.11. The fraction of sp³-hybridized carbons (Fsp3) is 0.800. The Morgan fingerprint density at radius 1 is 1.40 bits per heavy atom. The molecule has 2 N–H and O–H groups in total. The first-order valence-corrected chi connectivity index (χ1v) is 5.32. The molecule has 0 saturated heterocycles. The summed E-state index contributed by atoms with van der Waals surface area (Å²) in [7, 11) is 0. The van der Waals surface area contributed by atoms with E-state index in [4.69, 9.17) is 5.11 Å². The molecule has 1 fully saturated rings. The molecular formula is C10H18N2O3. The van der Waals surface area contributed by atoms with Gasteiger partial charge in [-0.25, -0.2) is 0 Å². The van der Waals surface area contributed by atoms with Crippen LogP contribution in [0.2, 0.25) is 0 Å². The first-order valence-electron chi connectivity index (χ1n) is 5.32. The maximum Gasteiger partial charge on any atom is 0.317 e. The topological polar surface area (TPSA) is 69.6 Å². The molecule has 0 aromatic heterocycles. The number of nitrogens with one attached hydrogen (secondary N) is 1. The molecule has 0 aliphatic heterocycles. The van der Waals surface area contributed by atoms with Crippen LogP contribution in [0.15, 0.2) is 0 Å². The predicted octanol–water partition coefficient (Wildman–Crippen LogP) is -0.0809. The Labute approximate surface area is 89.4 Å². The molecule has 15 heavy (non-hydrogen) atoms. The Bertz CT molecular complexity index is 239. The normalized spacial score (nSPS) is 15.3. The van der Waals surface area contributed by atoms with Crippen LogP contribution in [0, 0.1) is 5.92 Å². The lowest BCUT2D eigenvalue weighted by Crippen LogP contribution is -2.40. The second kappa shape index (κ2) is 5.70. The van der Waals surface area contributed by atoms with E-state index in [0.717, 1.165) is 6.54 Å².